The van der Waals surface area contributed by atoms with E-state index in [0.717, 1.165) is 0 Å². The van der Waals surface area contributed by atoms with Crippen LogP contribution in [-0.2, 0) is 4.74 Å². The third kappa shape index (κ3) is 4.04. The van der Waals surface area contributed by atoms with Crippen LogP contribution in [0.1, 0.15) is 24.3 Å². The molecule has 29 heavy (non-hydrogen) atoms. The van der Waals surface area contributed by atoms with Crippen molar-refractivity contribution in [2.24, 2.45) is 0 Å². The normalized spacial score (nSPS) is 19.4. The van der Waals surface area contributed by atoms with E-state index >= 15 is 0 Å². The minimum absolute atomic E-state index is 0.0590. The average Bonchev–Trinajstić information content (AvgIpc) is 3.12. The van der Waals surface area contributed by atoms with Crippen LogP contribution < -0.4 is 0 Å². The van der Waals surface area contributed by atoms with E-state index in [9.17, 15) is 9.18 Å². The number of hydrogen-bond donors (Lipinski definition) is 0. The average molecular weight is 414 g/mol. The second-order valence-corrected chi connectivity index (χ2v) is 7.69. The van der Waals surface area contributed by atoms with Gasteiger partial charge < -0.3 is 9.64 Å². The monoisotopic (exact) mass is 413 g/mol. The van der Waals surface area contributed by atoms with Crippen LogP contribution in [0.25, 0.3) is 16.9 Å². The Morgan fingerprint density at radius 1 is 1.10 bits per heavy atom. The summed E-state index contributed by atoms with van der Waals surface area (Å²) in [5, 5.41) is 5.07. The Labute approximate surface area is 173 Å². The van der Waals surface area contributed by atoms with Crippen LogP contribution in [0.3, 0.4) is 0 Å². The van der Waals surface area contributed by atoms with E-state index in [0.29, 0.717) is 40.8 Å². The fourth-order valence-corrected chi connectivity index (χ4v) is 3.83. The molecule has 2 heterocycles. The molecule has 1 fully saturated rings. The summed E-state index contributed by atoms with van der Waals surface area (Å²) < 4.78 is 21.6. The highest BCUT2D eigenvalue weighted by atomic mass is 35.5. The lowest BCUT2D eigenvalue weighted by Gasteiger charge is -2.35. The summed E-state index contributed by atoms with van der Waals surface area (Å²) >= 11 is 6.15. The third-order valence-electron chi connectivity index (χ3n) is 4.84. The van der Waals surface area contributed by atoms with Crippen molar-refractivity contribution in [1.29, 1.82) is 0 Å². The molecule has 1 saturated heterocycles. The van der Waals surface area contributed by atoms with Crippen LogP contribution in [0, 0.1) is 5.82 Å². The lowest BCUT2D eigenvalue weighted by molar-refractivity contribution is -0.0588. The summed E-state index contributed by atoms with van der Waals surface area (Å²) in [4.78, 5) is 15.1. The minimum atomic E-state index is -0.393. The van der Waals surface area contributed by atoms with Crippen LogP contribution in [0.5, 0.6) is 0 Å². The van der Waals surface area contributed by atoms with Gasteiger partial charge in [-0.25, -0.2) is 9.07 Å². The van der Waals surface area contributed by atoms with Crippen molar-refractivity contribution in [2.45, 2.75) is 26.1 Å². The number of carbonyl (C=O) groups excluding carboxylic acids is 1. The highest BCUT2D eigenvalue weighted by molar-refractivity contribution is 6.30. The number of hydrogen-bond acceptors (Lipinski definition) is 3. The first-order chi connectivity index (χ1) is 13.9. The number of halogens is 2. The van der Waals surface area contributed by atoms with Gasteiger partial charge in [0.1, 0.15) is 11.5 Å². The van der Waals surface area contributed by atoms with E-state index in [1.54, 1.807) is 47.4 Å². The van der Waals surface area contributed by atoms with E-state index in [1.807, 2.05) is 19.9 Å². The van der Waals surface area contributed by atoms with Gasteiger partial charge in [-0.15, -0.1) is 0 Å². The first-order valence-electron chi connectivity index (χ1n) is 9.48. The molecule has 1 aromatic heterocycles. The summed E-state index contributed by atoms with van der Waals surface area (Å²) in [7, 11) is 0. The molecule has 0 spiro atoms. The Bertz CT molecular complexity index is 1040. The first-order valence-corrected chi connectivity index (χ1v) is 9.86. The van der Waals surface area contributed by atoms with Crippen molar-refractivity contribution in [3.63, 3.8) is 0 Å². The zero-order valence-corrected chi connectivity index (χ0v) is 16.9. The molecule has 0 bridgehead atoms. The van der Waals surface area contributed by atoms with Crippen molar-refractivity contribution < 1.29 is 13.9 Å². The highest BCUT2D eigenvalue weighted by Gasteiger charge is 2.29. The first kappa shape index (κ1) is 19.6. The quantitative estimate of drug-likeness (QED) is 0.631. The van der Waals surface area contributed by atoms with Gasteiger partial charge in [0.2, 0.25) is 0 Å². The molecule has 3 aromatic rings. The molecule has 1 aliphatic rings. The SMILES string of the molecule is CC1CN(C(=O)c2cc(-c3ccccc3F)nn2-c2cccc(Cl)c2)CC(C)O1. The van der Waals surface area contributed by atoms with E-state index in [-0.39, 0.29) is 18.1 Å². The summed E-state index contributed by atoms with van der Waals surface area (Å²) in [6.45, 7) is 4.85. The second kappa shape index (κ2) is 7.97. The topological polar surface area (TPSA) is 47.4 Å². The number of ether oxygens (including phenoxy) is 1. The van der Waals surface area contributed by atoms with Gasteiger partial charge in [0.15, 0.2) is 0 Å². The Morgan fingerprint density at radius 3 is 2.52 bits per heavy atom. The maximum atomic E-state index is 14.4. The fourth-order valence-electron chi connectivity index (χ4n) is 3.64. The lowest BCUT2D eigenvalue weighted by Crippen LogP contribution is -2.48. The van der Waals surface area contributed by atoms with Gasteiger partial charge in [-0.05, 0) is 50.2 Å². The number of amides is 1. The summed E-state index contributed by atoms with van der Waals surface area (Å²) in [5.41, 5.74) is 1.72. The predicted octanol–water partition coefficient (Wildman–Crippen LogP) is 4.58. The van der Waals surface area contributed by atoms with Gasteiger partial charge in [-0.1, -0.05) is 29.8 Å². The summed E-state index contributed by atoms with van der Waals surface area (Å²) in [6, 6.07) is 15.1. The maximum absolute atomic E-state index is 14.4. The standard InChI is InChI=1S/C22H21ClFN3O2/c1-14-12-26(13-15(2)29-14)22(28)21-11-20(18-8-3-4-9-19(18)24)25-27(21)17-7-5-6-16(23)10-17/h3-11,14-15H,12-13H2,1-2H3. The molecule has 0 radical (unpaired) electrons. The summed E-state index contributed by atoms with van der Waals surface area (Å²) in [5.74, 6) is -0.571. The van der Waals surface area contributed by atoms with Gasteiger partial charge >= 0.3 is 0 Å². The smallest absolute Gasteiger partial charge is 0.272 e. The van der Waals surface area contributed by atoms with Crippen molar-refractivity contribution in [3.8, 4) is 16.9 Å². The van der Waals surface area contributed by atoms with E-state index in [1.165, 1.54) is 10.7 Å². The van der Waals surface area contributed by atoms with Crippen LogP contribution in [-0.4, -0.2) is 45.9 Å². The molecule has 150 valence electrons. The highest BCUT2D eigenvalue weighted by Crippen LogP contribution is 2.26. The zero-order valence-electron chi connectivity index (χ0n) is 16.2. The maximum Gasteiger partial charge on any atom is 0.272 e. The summed E-state index contributed by atoms with van der Waals surface area (Å²) in [6.07, 6.45) is -0.118. The molecule has 1 amide bonds. The number of morpholine rings is 1. The van der Waals surface area contributed by atoms with E-state index in [4.69, 9.17) is 16.3 Å². The zero-order chi connectivity index (χ0) is 20.5. The van der Waals surface area contributed by atoms with Crippen molar-refractivity contribution in [3.05, 3.63) is 71.1 Å². The van der Waals surface area contributed by atoms with Crippen LogP contribution in [0.2, 0.25) is 5.02 Å². The number of rotatable bonds is 3. The molecule has 0 saturated carbocycles. The van der Waals surface area contributed by atoms with E-state index < -0.39 is 5.82 Å². The second-order valence-electron chi connectivity index (χ2n) is 7.25. The van der Waals surface area contributed by atoms with Gasteiger partial charge in [0.25, 0.3) is 5.91 Å². The van der Waals surface area contributed by atoms with Gasteiger partial charge in [-0.3, -0.25) is 4.79 Å². The van der Waals surface area contributed by atoms with Crippen LogP contribution in [0.15, 0.2) is 54.6 Å². The number of carbonyl (C=O) groups is 1. The Kier molecular flexibility index (Phi) is 5.39. The molecule has 2 atom stereocenters. The lowest BCUT2D eigenvalue weighted by atomic mass is 10.1. The largest absolute Gasteiger partial charge is 0.372 e. The molecule has 2 aromatic carbocycles. The predicted molar refractivity (Wildman–Crippen MR) is 110 cm³/mol. The molecule has 0 N–H and O–H groups in total. The molecule has 2 unspecified atom stereocenters. The molecule has 7 heteroatoms. The molecule has 5 nitrogen and oxygen atoms in total. The van der Waals surface area contributed by atoms with Gasteiger partial charge in [0, 0.05) is 23.7 Å². The van der Waals surface area contributed by atoms with Crippen LogP contribution in [0.4, 0.5) is 4.39 Å². The fraction of sp³-hybridized carbons (Fsp3) is 0.273. The molecule has 0 aliphatic carbocycles. The number of benzene rings is 2. The van der Waals surface area contributed by atoms with Crippen molar-refractivity contribution in [2.75, 3.05) is 13.1 Å². The third-order valence-corrected chi connectivity index (χ3v) is 5.07. The van der Waals surface area contributed by atoms with Gasteiger partial charge in [-0.2, -0.15) is 5.10 Å². The van der Waals surface area contributed by atoms with E-state index in [2.05, 4.69) is 5.10 Å². The molecule has 4 rings (SSSR count). The van der Waals surface area contributed by atoms with Gasteiger partial charge in [0.05, 0.1) is 23.6 Å². The van der Waals surface area contributed by atoms with Crippen molar-refractivity contribution >= 4 is 17.5 Å². The molecular weight excluding hydrogens is 393 g/mol. The molecule has 1 aliphatic heterocycles. The van der Waals surface area contributed by atoms with Crippen LogP contribution >= 0.6 is 11.6 Å². The van der Waals surface area contributed by atoms with Crippen molar-refractivity contribution in [1.82, 2.24) is 14.7 Å². The Morgan fingerprint density at radius 2 is 1.83 bits per heavy atom. The number of aromatic nitrogens is 2. The minimum Gasteiger partial charge on any atom is -0.372 e. The Hall–Kier alpha value is -2.70. The Balaban J connectivity index is 1.81. The number of nitrogens with zero attached hydrogens (tertiary/aromatic N) is 3. The molecular formula is C22H21ClFN3O2.